The van der Waals surface area contributed by atoms with Crippen molar-refractivity contribution in [2.24, 2.45) is 0 Å². The Kier molecular flexibility index (Phi) is 4.85. The molecule has 0 saturated heterocycles. The first kappa shape index (κ1) is 15.8. The highest BCUT2D eigenvalue weighted by molar-refractivity contribution is 7.07. The molecule has 1 aromatic heterocycles. The summed E-state index contributed by atoms with van der Waals surface area (Å²) in [5.74, 6) is -0.119. The largest absolute Gasteiger partial charge is 0.337 e. The van der Waals surface area contributed by atoms with Crippen molar-refractivity contribution in [1.29, 1.82) is 0 Å². The maximum atomic E-state index is 12.4. The molecule has 1 heterocycles. The first-order valence-corrected chi connectivity index (χ1v) is 7.82. The minimum Gasteiger partial charge on any atom is -0.337 e. The van der Waals surface area contributed by atoms with Crippen LogP contribution in [-0.2, 0) is 11.3 Å². The summed E-state index contributed by atoms with van der Waals surface area (Å²) in [6, 6.07) is 7.30. The second-order valence-corrected chi connectivity index (χ2v) is 6.16. The van der Waals surface area contributed by atoms with Crippen LogP contribution >= 0.6 is 22.9 Å². The highest BCUT2D eigenvalue weighted by Crippen LogP contribution is 2.26. The average Bonchev–Trinajstić information content (AvgIpc) is 2.78. The minimum absolute atomic E-state index is 0.0550. The molecule has 1 unspecified atom stereocenters. The molecule has 6 heteroatoms. The lowest BCUT2D eigenvalue weighted by atomic mass is 10.1. The number of likely N-dealkylation sites (N-methyl/N-ethyl adjacent to an activating group) is 1. The first-order chi connectivity index (χ1) is 9.91. The van der Waals surface area contributed by atoms with Crippen molar-refractivity contribution < 1.29 is 4.79 Å². The van der Waals surface area contributed by atoms with Crippen molar-refractivity contribution >= 4 is 28.8 Å². The molecule has 0 fully saturated rings. The van der Waals surface area contributed by atoms with E-state index >= 15 is 0 Å². The lowest BCUT2D eigenvalue weighted by molar-refractivity contribution is -0.132. The van der Waals surface area contributed by atoms with Gasteiger partial charge in [-0.1, -0.05) is 41.1 Å². The molecule has 1 amide bonds. The monoisotopic (exact) mass is 324 g/mol. The van der Waals surface area contributed by atoms with Crippen molar-refractivity contribution in [3.63, 3.8) is 0 Å². The molecular formula is C15H17ClN2O2S. The highest BCUT2D eigenvalue weighted by Gasteiger charge is 2.20. The van der Waals surface area contributed by atoms with Gasteiger partial charge in [0.2, 0.25) is 5.91 Å². The van der Waals surface area contributed by atoms with Crippen molar-refractivity contribution in [1.82, 2.24) is 9.47 Å². The van der Waals surface area contributed by atoms with E-state index in [9.17, 15) is 9.59 Å². The fraction of sp³-hybridized carbons (Fsp3) is 0.333. The number of rotatable bonds is 4. The van der Waals surface area contributed by atoms with Crippen LogP contribution in [0.4, 0.5) is 0 Å². The second-order valence-electron chi connectivity index (χ2n) is 4.93. The summed E-state index contributed by atoms with van der Waals surface area (Å²) in [6.45, 7) is 3.80. The number of thiazole rings is 1. The third-order valence-corrected chi connectivity index (χ3v) is 4.82. The molecule has 0 bridgehead atoms. The molecule has 0 N–H and O–H groups in total. The van der Waals surface area contributed by atoms with E-state index in [0.29, 0.717) is 5.02 Å². The highest BCUT2D eigenvalue weighted by atomic mass is 35.5. The van der Waals surface area contributed by atoms with Crippen LogP contribution in [-0.4, -0.2) is 22.4 Å². The Balaban J connectivity index is 2.16. The van der Waals surface area contributed by atoms with Crippen LogP contribution in [0.15, 0.2) is 34.4 Å². The van der Waals surface area contributed by atoms with Gasteiger partial charge in [-0.3, -0.25) is 14.2 Å². The van der Waals surface area contributed by atoms with E-state index in [1.165, 1.54) is 4.57 Å². The third kappa shape index (κ3) is 3.36. The molecule has 1 aromatic carbocycles. The summed E-state index contributed by atoms with van der Waals surface area (Å²) in [7, 11) is 1.73. The summed E-state index contributed by atoms with van der Waals surface area (Å²) in [5.41, 5.74) is 1.70. The van der Waals surface area contributed by atoms with Gasteiger partial charge in [0, 0.05) is 23.1 Å². The number of aromatic nitrogens is 1. The topological polar surface area (TPSA) is 42.3 Å². The lowest BCUT2D eigenvalue weighted by Gasteiger charge is -2.26. The molecule has 21 heavy (non-hydrogen) atoms. The quantitative estimate of drug-likeness (QED) is 0.867. The fourth-order valence-corrected chi connectivity index (χ4v) is 3.11. The van der Waals surface area contributed by atoms with Crippen molar-refractivity contribution in [2.45, 2.75) is 26.4 Å². The summed E-state index contributed by atoms with van der Waals surface area (Å²) in [6.07, 6.45) is 0. The number of benzene rings is 1. The van der Waals surface area contributed by atoms with Gasteiger partial charge in [-0.25, -0.2) is 0 Å². The zero-order valence-electron chi connectivity index (χ0n) is 12.2. The lowest BCUT2D eigenvalue weighted by Crippen LogP contribution is -2.34. The zero-order chi connectivity index (χ0) is 15.6. The van der Waals surface area contributed by atoms with Crippen LogP contribution in [0, 0.1) is 6.92 Å². The Morgan fingerprint density at radius 1 is 1.43 bits per heavy atom. The van der Waals surface area contributed by atoms with Gasteiger partial charge in [0.15, 0.2) is 0 Å². The normalized spacial score (nSPS) is 12.2. The van der Waals surface area contributed by atoms with Crippen molar-refractivity contribution in [3.05, 3.63) is 55.6 Å². The van der Waals surface area contributed by atoms with Gasteiger partial charge in [-0.05, 0) is 25.5 Å². The Morgan fingerprint density at radius 3 is 2.67 bits per heavy atom. The van der Waals surface area contributed by atoms with Gasteiger partial charge < -0.3 is 4.90 Å². The summed E-state index contributed by atoms with van der Waals surface area (Å²) in [5, 5.41) is 2.39. The Hall–Kier alpha value is -1.59. The minimum atomic E-state index is -0.152. The van der Waals surface area contributed by atoms with Gasteiger partial charge in [0.1, 0.15) is 6.54 Å². The average molecular weight is 325 g/mol. The van der Waals surface area contributed by atoms with Crippen LogP contribution in [0.3, 0.4) is 0 Å². The molecule has 0 aliphatic heterocycles. The van der Waals surface area contributed by atoms with Gasteiger partial charge >= 0.3 is 4.87 Å². The molecular weight excluding hydrogens is 308 g/mol. The maximum absolute atomic E-state index is 12.4. The Bertz CT molecular complexity index is 708. The number of aryl methyl sites for hydroxylation is 1. The summed E-state index contributed by atoms with van der Waals surface area (Å²) < 4.78 is 1.49. The maximum Gasteiger partial charge on any atom is 0.307 e. The van der Waals surface area contributed by atoms with E-state index in [0.717, 1.165) is 22.6 Å². The van der Waals surface area contributed by atoms with Crippen LogP contribution < -0.4 is 4.87 Å². The van der Waals surface area contributed by atoms with Gasteiger partial charge in [0.05, 0.1) is 6.04 Å². The second kappa shape index (κ2) is 6.45. The summed E-state index contributed by atoms with van der Waals surface area (Å²) in [4.78, 5) is 25.6. The van der Waals surface area contributed by atoms with E-state index in [2.05, 4.69) is 0 Å². The number of hydrogen-bond donors (Lipinski definition) is 0. The fourth-order valence-electron chi connectivity index (χ4n) is 2.08. The predicted octanol–water partition coefficient (Wildman–Crippen LogP) is 3.09. The number of halogens is 1. The van der Waals surface area contributed by atoms with E-state index in [-0.39, 0.29) is 23.4 Å². The SMILES string of the molecule is Cc1csc(=O)n1CC(=O)N(C)C(C)c1ccccc1Cl. The van der Waals surface area contributed by atoms with E-state index < -0.39 is 0 Å². The molecule has 0 aliphatic carbocycles. The van der Waals surface area contributed by atoms with Crippen molar-refractivity contribution in [3.8, 4) is 0 Å². The van der Waals surface area contributed by atoms with Crippen LogP contribution in [0.5, 0.6) is 0 Å². The molecule has 2 rings (SSSR count). The van der Waals surface area contributed by atoms with E-state index in [4.69, 9.17) is 11.6 Å². The summed E-state index contributed by atoms with van der Waals surface area (Å²) >= 11 is 7.28. The Labute approximate surface area is 132 Å². The standard InChI is InChI=1S/C15H17ClN2O2S/c1-10-9-21-15(20)18(10)8-14(19)17(3)11(2)12-6-4-5-7-13(12)16/h4-7,9,11H,8H2,1-3H3. The number of nitrogens with zero attached hydrogens (tertiary/aromatic N) is 2. The van der Waals surface area contributed by atoms with Crippen LogP contribution in [0.2, 0.25) is 5.02 Å². The van der Waals surface area contributed by atoms with Gasteiger partial charge in [0.25, 0.3) is 0 Å². The number of carbonyl (C=O) groups is 1. The zero-order valence-corrected chi connectivity index (χ0v) is 13.7. The molecule has 2 aromatic rings. The van der Waals surface area contributed by atoms with Crippen LogP contribution in [0.25, 0.3) is 0 Å². The Morgan fingerprint density at radius 2 is 2.10 bits per heavy atom. The van der Waals surface area contributed by atoms with Crippen molar-refractivity contribution in [2.75, 3.05) is 7.05 Å². The molecule has 112 valence electrons. The molecule has 1 atom stereocenters. The first-order valence-electron chi connectivity index (χ1n) is 6.57. The predicted molar refractivity (Wildman–Crippen MR) is 86.0 cm³/mol. The smallest absolute Gasteiger partial charge is 0.307 e. The number of hydrogen-bond acceptors (Lipinski definition) is 3. The molecule has 4 nitrogen and oxygen atoms in total. The molecule has 0 aliphatic rings. The molecule has 0 spiro atoms. The number of amides is 1. The number of carbonyl (C=O) groups excluding carboxylic acids is 1. The van der Waals surface area contributed by atoms with Gasteiger partial charge in [-0.2, -0.15) is 0 Å². The van der Waals surface area contributed by atoms with Gasteiger partial charge in [-0.15, -0.1) is 0 Å². The van der Waals surface area contributed by atoms with E-state index in [1.807, 2.05) is 32.0 Å². The third-order valence-electron chi connectivity index (χ3n) is 3.60. The van der Waals surface area contributed by atoms with Crippen LogP contribution in [0.1, 0.15) is 24.2 Å². The molecule has 0 radical (unpaired) electrons. The van der Waals surface area contributed by atoms with E-state index in [1.54, 1.807) is 23.4 Å². The molecule has 0 saturated carbocycles.